The number of esters is 1. The molecule has 1 aromatic carbocycles. The van der Waals surface area contributed by atoms with Crippen molar-refractivity contribution in [2.24, 2.45) is 23.7 Å². The number of benzene rings is 1. The minimum atomic E-state index is -0.901. The van der Waals surface area contributed by atoms with E-state index in [-0.39, 0.29) is 42.8 Å². The first kappa shape index (κ1) is 31.8. The zero-order valence-corrected chi connectivity index (χ0v) is 27.3. The standard InChI is InChI=1S/C36H42N4O7/c1-21-8-11-28-23(3)32(44-33-36(28)27(21)13-15-35(4,45-33)46-47-36)43-31(42)12-10-26(41)18-24-9-7-22(2)30(19-24)40-34-38-17-14-29(39-34)25-6-5-16-37-20-25/h5-7,9,14,16-17,19-21,23,27-28,32-33H,8,10-13,15,18H2,1-4H3,(H,38,39,40)/t21-,23-,27+,28?,32+,33-,35-,36?/m1/s1. The van der Waals surface area contributed by atoms with Crippen molar-refractivity contribution in [1.82, 2.24) is 15.0 Å². The molecule has 11 heteroatoms. The lowest BCUT2D eigenvalue weighted by Gasteiger charge is -2.59. The average molecular weight is 643 g/mol. The van der Waals surface area contributed by atoms with Crippen LogP contribution < -0.4 is 5.32 Å². The fourth-order valence-electron chi connectivity index (χ4n) is 7.88. The summed E-state index contributed by atoms with van der Waals surface area (Å²) in [7, 11) is 0. The van der Waals surface area contributed by atoms with Crippen LogP contribution in [-0.2, 0) is 40.0 Å². The largest absolute Gasteiger partial charge is 0.435 e. The number of aromatic nitrogens is 3. The van der Waals surface area contributed by atoms with Crippen LogP contribution in [-0.4, -0.2) is 50.7 Å². The predicted molar refractivity (Wildman–Crippen MR) is 171 cm³/mol. The molecule has 2 unspecified atom stereocenters. The van der Waals surface area contributed by atoms with Crippen LogP contribution >= 0.6 is 0 Å². The topological polar surface area (TPSA) is 131 Å². The third-order valence-electron chi connectivity index (χ3n) is 10.5. The number of nitrogens with one attached hydrogen (secondary N) is 1. The molecule has 0 radical (unpaired) electrons. The van der Waals surface area contributed by atoms with Crippen LogP contribution in [0.25, 0.3) is 11.3 Å². The molecule has 0 amide bonds. The fraction of sp³-hybridized carbons (Fsp3) is 0.528. The Balaban J connectivity index is 0.955. The van der Waals surface area contributed by atoms with Crippen molar-refractivity contribution >= 4 is 23.4 Å². The Hall–Kier alpha value is -3.77. The zero-order valence-electron chi connectivity index (χ0n) is 27.3. The number of hydrogen-bond donors (Lipinski definition) is 1. The van der Waals surface area contributed by atoms with Gasteiger partial charge in [-0.05, 0) is 80.3 Å². The van der Waals surface area contributed by atoms with Crippen molar-refractivity contribution in [2.75, 3.05) is 5.32 Å². The van der Waals surface area contributed by atoms with Crippen molar-refractivity contribution in [3.8, 4) is 11.3 Å². The van der Waals surface area contributed by atoms with Crippen LogP contribution in [0.2, 0.25) is 0 Å². The van der Waals surface area contributed by atoms with Gasteiger partial charge in [0.2, 0.25) is 18.0 Å². The maximum absolute atomic E-state index is 13.0. The molecule has 47 heavy (non-hydrogen) atoms. The Morgan fingerprint density at radius 3 is 2.74 bits per heavy atom. The van der Waals surface area contributed by atoms with E-state index in [9.17, 15) is 9.59 Å². The number of nitrogens with zero attached hydrogens (tertiary/aromatic N) is 3. The lowest BCUT2D eigenvalue weighted by atomic mass is 9.58. The molecule has 1 N–H and O–H groups in total. The molecule has 11 nitrogen and oxygen atoms in total. The highest BCUT2D eigenvalue weighted by molar-refractivity contribution is 5.85. The molecule has 2 aromatic heterocycles. The lowest BCUT2D eigenvalue weighted by Crippen LogP contribution is -2.70. The smallest absolute Gasteiger partial charge is 0.308 e. The Morgan fingerprint density at radius 2 is 1.91 bits per heavy atom. The van der Waals surface area contributed by atoms with Crippen LogP contribution in [0, 0.1) is 30.6 Å². The second-order valence-corrected chi connectivity index (χ2v) is 13.8. The summed E-state index contributed by atoms with van der Waals surface area (Å²) in [6.07, 6.45) is 7.51. The average Bonchev–Trinajstić information content (AvgIpc) is 3.30. The first-order valence-corrected chi connectivity index (χ1v) is 16.6. The maximum Gasteiger partial charge on any atom is 0.308 e. The Morgan fingerprint density at radius 1 is 1.04 bits per heavy atom. The SMILES string of the molecule is Cc1ccc(CC(=O)CCC(=O)O[C@H]2O[C@@H]3O[C@@]4(C)CC[C@H]5[C@H](C)CCC([C@H]2C)C35OO4)cc1Nc1nccc(-c2cccnc2)n1. The summed E-state index contributed by atoms with van der Waals surface area (Å²) in [5, 5.41) is 3.28. The van der Waals surface area contributed by atoms with E-state index < -0.39 is 29.9 Å². The number of pyridine rings is 1. The first-order valence-electron chi connectivity index (χ1n) is 16.6. The van der Waals surface area contributed by atoms with E-state index in [1.807, 2.05) is 57.2 Å². The van der Waals surface area contributed by atoms with E-state index in [0.29, 0.717) is 18.3 Å². The summed E-state index contributed by atoms with van der Waals surface area (Å²) >= 11 is 0. The van der Waals surface area contributed by atoms with Crippen molar-refractivity contribution in [2.45, 2.75) is 96.6 Å². The maximum atomic E-state index is 13.0. The third kappa shape index (κ3) is 6.17. The second kappa shape index (κ2) is 12.7. The normalized spacial score (nSPS) is 32.6. The molecule has 5 fully saturated rings. The van der Waals surface area contributed by atoms with E-state index >= 15 is 0 Å². The summed E-state index contributed by atoms with van der Waals surface area (Å²) in [6.45, 7) is 8.14. The predicted octanol–water partition coefficient (Wildman–Crippen LogP) is 6.23. The molecule has 1 saturated carbocycles. The molecular weight excluding hydrogens is 600 g/mol. The number of fused-ring (bicyclic) bond motifs is 2. The summed E-state index contributed by atoms with van der Waals surface area (Å²) in [4.78, 5) is 51.2. The molecule has 5 aliphatic rings. The van der Waals surface area contributed by atoms with Gasteiger partial charge in [-0.2, -0.15) is 0 Å². The van der Waals surface area contributed by atoms with E-state index in [2.05, 4.69) is 27.2 Å². The Bertz CT molecular complexity index is 1640. The molecule has 8 atom stereocenters. The number of Topliss-reactive ketones (excluding diaryl/α,β-unsaturated/α-hetero) is 1. The molecule has 248 valence electrons. The van der Waals surface area contributed by atoms with Crippen LogP contribution in [0.15, 0.2) is 55.0 Å². The molecule has 3 aromatic rings. The van der Waals surface area contributed by atoms with Crippen molar-refractivity contribution < 1.29 is 33.6 Å². The third-order valence-corrected chi connectivity index (χ3v) is 10.5. The summed E-state index contributed by atoms with van der Waals surface area (Å²) in [5.41, 5.74) is 3.53. The zero-order chi connectivity index (χ0) is 32.8. The molecule has 1 aliphatic carbocycles. The van der Waals surface area contributed by atoms with Crippen LogP contribution in [0.4, 0.5) is 11.6 Å². The molecule has 6 heterocycles. The second-order valence-electron chi connectivity index (χ2n) is 13.8. The summed E-state index contributed by atoms with van der Waals surface area (Å²) < 4.78 is 18.6. The van der Waals surface area contributed by atoms with Crippen molar-refractivity contribution in [3.05, 3.63) is 66.1 Å². The minimum Gasteiger partial charge on any atom is -0.435 e. The van der Waals surface area contributed by atoms with Gasteiger partial charge in [-0.3, -0.25) is 14.6 Å². The van der Waals surface area contributed by atoms with Gasteiger partial charge in [0.25, 0.3) is 0 Å². The molecule has 1 spiro atoms. The highest BCUT2D eigenvalue weighted by Gasteiger charge is 2.69. The van der Waals surface area contributed by atoms with E-state index in [0.717, 1.165) is 47.3 Å². The monoisotopic (exact) mass is 642 g/mol. The van der Waals surface area contributed by atoms with Gasteiger partial charge in [-0.25, -0.2) is 19.7 Å². The van der Waals surface area contributed by atoms with Gasteiger partial charge in [-0.1, -0.05) is 26.0 Å². The Labute approximate surface area is 274 Å². The van der Waals surface area contributed by atoms with Gasteiger partial charge in [0.15, 0.2) is 11.9 Å². The van der Waals surface area contributed by atoms with Gasteiger partial charge < -0.3 is 19.5 Å². The van der Waals surface area contributed by atoms with Crippen molar-refractivity contribution in [1.29, 1.82) is 0 Å². The lowest BCUT2D eigenvalue weighted by molar-refractivity contribution is -0.576. The summed E-state index contributed by atoms with van der Waals surface area (Å²) in [6, 6.07) is 11.4. The van der Waals surface area contributed by atoms with Gasteiger partial charge >= 0.3 is 5.97 Å². The number of ketones is 1. The molecule has 4 aliphatic heterocycles. The highest BCUT2D eigenvalue weighted by Crippen LogP contribution is 2.60. The quantitative estimate of drug-likeness (QED) is 0.210. The van der Waals surface area contributed by atoms with Gasteiger partial charge in [-0.15, -0.1) is 0 Å². The highest BCUT2D eigenvalue weighted by atomic mass is 17.3. The minimum absolute atomic E-state index is 0.0321. The van der Waals surface area contributed by atoms with Gasteiger partial charge in [0, 0.05) is 60.9 Å². The van der Waals surface area contributed by atoms with E-state index in [4.69, 9.17) is 24.0 Å². The summed E-state index contributed by atoms with van der Waals surface area (Å²) in [5.74, 6) is -0.379. The number of anilines is 2. The number of carbonyl (C=O) groups excluding carboxylic acids is 2. The molecule has 8 rings (SSSR count). The number of hydrogen-bond acceptors (Lipinski definition) is 11. The number of ether oxygens (including phenoxy) is 3. The molecule has 2 bridgehead atoms. The van der Waals surface area contributed by atoms with Crippen LogP contribution in [0.1, 0.15) is 70.4 Å². The van der Waals surface area contributed by atoms with Crippen LogP contribution in [0.5, 0.6) is 0 Å². The van der Waals surface area contributed by atoms with E-state index in [1.54, 1.807) is 18.6 Å². The molecule has 4 saturated heterocycles. The molecular formula is C36H42N4O7. The van der Waals surface area contributed by atoms with Crippen molar-refractivity contribution in [3.63, 3.8) is 0 Å². The van der Waals surface area contributed by atoms with Crippen LogP contribution in [0.3, 0.4) is 0 Å². The first-order chi connectivity index (χ1) is 22.6. The number of aryl methyl sites for hydroxylation is 1. The van der Waals surface area contributed by atoms with E-state index in [1.165, 1.54) is 0 Å². The Kier molecular flexibility index (Phi) is 8.58. The number of rotatable bonds is 9. The fourth-order valence-corrected chi connectivity index (χ4v) is 7.88. The number of carbonyl (C=O) groups is 2. The van der Waals surface area contributed by atoms with Gasteiger partial charge in [0.05, 0.1) is 12.1 Å². The van der Waals surface area contributed by atoms with Gasteiger partial charge in [0.1, 0.15) is 5.78 Å².